The minimum absolute atomic E-state index is 0.406. The second-order valence-electron chi connectivity index (χ2n) is 3.31. The van der Waals surface area contributed by atoms with Crippen molar-refractivity contribution in [2.75, 3.05) is 19.8 Å². The molecule has 0 radical (unpaired) electrons. The Hall–Kier alpha value is -0.280. The Morgan fingerprint density at radius 2 is 1.73 bits per heavy atom. The molecular weight excluding hydrogens is 208 g/mol. The lowest BCUT2D eigenvalue weighted by Crippen LogP contribution is -2.40. The average Bonchev–Trinajstić information content (AvgIpc) is 2.55. The van der Waals surface area contributed by atoms with E-state index in [0.717, 1.165) is 0 Å². The highest BCUT2D eigenvalue weighted by molar-refractivity contribution is 4.91. The molecule has 7 heteroatoms. The van der Waals surface area contributed by atoms with Gasteiger partial charge in [0.25, 0.3) is 0 Å². The van der Waals surface area contributed by atoms with Gasteiger partial charge >= 0.3 is 0 Å². The Morgan fingerprint density at radius 1 is 1.13 bits per heavy atom. The van der Waals surface area contributed by atoms with Crippen LogP contribution < -0.4 is 0 Å². The maximum absolute atomic E-state index is 9.58. The monoisotopic (exact) mass is 224 g/mol. The average molecular weight is 224 g/mol. The number of hydrogen-bond acceptors (Lipinski definition) is 7. The summed E-state index contributed by atoms with van der Waals surface area (Å²) in [6, 6.07) is 0. The maximum Gasteiger partial charge on any atom is 0.178 e. The van der Waals surface area contributed by atoms with E-state index in [4.69, 9.17) is 29.9 Å². The quantitative estimate of drug-likeness (QED) is 0.312. The van der Waals surface area contributed by atoms with Crippen molar-refractivity contribution in [2.45, 2.75) is 30.7 Å². The standard InChI is InChI=1S/C8H16O7/c9-1-4-7(13)8(5(2-10)14-4)15-6(12)3-11/h4-13H,1-3H2/t4-,5?,6+,7?,8?/m1/s1. The fraction of sp³-hybridized carbons (Fsp3) is 1.00. The van der Waals surface area contributed by atoms with Crippen molar-refractivity contribution >= 4 is 0 Å². The van der Waals surface area contributed by atoms with E-state index in [1.807, 2.05) is 0 Å². The molecule has 0 aliphatic carbocycles. The Balaban J connectivity index is 2.59. The highest BCUT2D eigenvalue weighted by atomic mass is 16.7. The van der Waals surface area contributed by atoms with Gasteiger partial charge in [0.15, 0.2) is 6.29 Å². The van der Waals surface area contributed by atoms with Gasteiger partial charge < -0.3 is 35.0 Å². The van der Waals surface area contributed by atoms with Gasteiger partial charge in [-0.2, -0.15) is 0 Å². The normalized spacial score (nSPS) is 38.2. The molecule has 1 aliphatic rings. The summed E-state index contributed by atoms with van der Waals surface area (Å²) in [4.78, 5) is 0. The van der Waals surface area contributed by atoms with Crippen molar-refractivity contribution in [3.05, 3.63) is 0 Å². The largest absolute Gasteiger partial charge is 0.394 e. The van der Waals surface area contributed by atoms with Crippen LogP contribution in [0.25, 0.3) is 0 Å². The SMILES string of the molecule is OCC1O[C@H](CO)C(O)C1O[C@H](O)CO. The second kappa shape index (κ2) is 5.71. The van der Waals surface area contributed by atoms with Crippen molar-refractivity contribution < 1.29 is 35.0 Å². The van der Waals surface area contributed by atoms with E-state index in [2.05, 4.69) is 0 Å². The summed E-state index contributed by atoms with van der Waals surface area (Å²) < 4.78 is 9.93. The molecule has 0 bridgehead atoms. The molecule has 0 saturated carbocycles. The van der Waals surface area contributed by atoms with Gasteiger partial charge in [-0.05, 0) is 0 Å². The fourth-order valence-corrected chi connectivity index (χ4v) is 1.50. The molecule has 1 fully saturated rings. The van der Waals surface area contributed by atoms with E-state index >= 15 is 0 Å². The Bertz CT molecular complexity index is 186. The van der Waals surface area contributed by atoms with Crippen molar-refractivity contribution in [2.24, 2.45) is 0 Å². The van der Waals surface area contributed by atoms with Crippen LogP contribution in [-0.4, -0.2) is 76.1 Å². The molecule has 1 saturated heterocycles. The van der Waals surface area contributed by atoms with Gasteiger partial charge in [0.05, 0.1) is 19.8 Å². The van der Waals surface area contributed by atoms with E-state index in [9.17, 15) is 5.11 Å². The predicted octanol–water partition coefficient (Wildman–Crippen LogP) is -3.20. The molecule has 5 N–H and O–H groups in total. The van der Waals surface area contributed by atoms with E-state index in [1.165, 1.54) is 0 Å². The van der Waals surface area contributed by atoms with Crippen LogP contribution in [0.3, 0.4) is 0 Å². The molecule has 0 aromatic carbocycles. The zero-order valence-electron chi connectivity index (χ0n) is 8.06. The van der Waals surface area contributed by atoms with Gasteiger partial charge in [0.1, 0.15) is 24.4 Å². The summed E-state index contributed by atoms with van der Waals surface area (Å²) in [5, 5.41) is 44.9. The summed E-state index contributed by atoms with van der Waals surface area (Å²) in [7, 11) is 0. The van der Waals surface area contributed by atoms with Crippen LogP contribution in [0.1, 0.15) is 0 Å². The third-order valence-electron chi connectivity index (χ3n) is 2.26. The summed E-state index contributed by atoms with van der Waals surface area (Å²) >= 11 is 0. The van der Waals surface area contributed by atoms with Crippen molar-refractivity contribution in [3.63, 3.8) is 0 Å². The third-order valence-corrected chi connectivity index (χ3v) is 2.26. The second-order valence-corrected chi connectivity index (χ2v) is 3.31. The molecule has 7 nitrogen and oxygen atoms in total. The van der Waals surface area contributed by atoms with Crippen molar-refractivity contribution in [1.29, 1.82) is 0 Å². The van der Waals surface area contributed by atoms with Gasteiger partial charge in [0.2, 0.25) is 0 Å². The fourth-order valence-electron chi connectivity index (χ4n) is 1.50. The van der Waals surface area contributed by atoms with Crippen LogP contribution in [0.2, 0.25) is 0 Å². The lowest BCUT2D eigenvalue weighted by atomic mass is 10.1. The summed E-state index contributed by atoms with van der Waals surface area (Å²) in [6.45, 7) is -1.44. The third kappa shape index (κ3) is 2.85. The van der Waals surface area contributed by atoms with Crippen LogP contribution in [0.5, 0.6) is 0 Å². The van der Waals surface area contributed by atoms with Gasteiger partial charge in [-0.3, -0.25) is 0 Å². The number of aliphatic hydroxyl groups is 5. The zero-order valence-corrected chi connectivity index (χ0v) is 8.06. The van der Waals surface area contributed by atoms with Crippen LogP contribution >= 0.6 is 0 Å². The molecule has 1 rings (SSSR count). The number of ether oxygens (including phenoxy) is 2. The van der Waals surface area contributed by atoms with E-state index in [0.29, 0.717) is 0 Å². The van der Waals surface area contributed by atoms with Gasteiger partial charge in [-0.15, -0.1) is 0 Å². The maximum atomic E-state index is 9.58. The van der Waals surface area contributed by atoms with Crippen LogP contribution in [0.15, 0.2) is 0 Å². The van der Waals surface area contributed by atoms with E-state index in [1.54, 1.807) is 0 Å². The molecule has 0 spiro atoms. The van der Waals surface area contributed by atoms with Gasteiger partial charge in [0, 0.05) is 0 Å². The summed E-state index contributed by atoms with van der Waals surface area (Å²) in [6.07, 6.45) is -5.22. The topological polar surface area (TPSA) is 120 Å². The first-order valence-electron chi connectivity index (χ1n) is 4.63. The first-order chi connectivity index (χ1) is 7.13. The molecule has 0 amide bonds. The van der Waals surface area contributed by atoms with Crippen molar-refractivity contribution in [1.82, 2.24) is 0 Å². The van der Waals surface area contributed by atoms with Crippen LogP contribution in [0, 0.1) is 0 Å². The lowest BCUT2D eigenvalue weighted by molar-refractivity contribution is -0.185. The molecule has 5 atom stereocenters. The van der Waals surface area contributed by atoms with Gasteiger partial charge in [-0.1, -0.05) is 0 Å². The molecule has 1 heterocycles. The first kappa shape index (κ1) is 12.8. The van der Waals surface area contributed by atoms with E-state index < -0.39 is 50.5 Å². The summed E-state index contributed by atoms with van der Waals surface area (Å²) in [5.41, 5.74) is 0. The molecule has 3 unspecified atom stereocenters. The molecule has 90 valence electrons. The first-order valence-corrected chi connectivity index (χ1v) is 4.63. The lowest BCUT2D eigenvalue weighted by Gasteiger charge is -2.21. The Kier molecular flexibility index (Phi) is 4.87. The highest BCUT2D eigenvalue weighted by Gasteiger charge is 2.44. The molecule has 0 aromatic heterocycles. The van der Waals surface area contributed by atoms with E-state index in [-0.39, 0.29) is 0 Å². The number of hydrogen-bond donors (Lipinski definition) is 5. The van der Waals surface area contributed by atoms with Crippen molar-refractivity contribution in [3.8, 4) is 0 Å². The number of aliphatic hydroxyl groups excluding tert-OH is 5. The minimum atomic E-state index is -1.44. The molecule has 0 aromatic rings. The molecule has 15 heavy (non-hydrogen) atoms. The minimum Gasteiger partial charge on any atom is -0.394 e. The number of rotatable bonds is 5. The molecule has 1 aliphatic heterocycles. The highest BCUT2D eigenvalue weighted by Crippen LogP contribution is 2.24. The Morgan fingerprint density at radius 3 is 2.20 bits per heavy atom. The van der Waals surface area contributed by atoms with Crippen LogP contribution in [-0.2, 0) is 9.47 Å². The smallest absolute Gasteiger partial charge is 0.178 e. The predicted molar refractivity (Wildman–Crippen MR) is 46.8 cm³/mol. The molecular formula is C8H16O7. The zero-order chi connectivity index (χ0) is 11.4. The Labute approximate surface area is 86.5 Å². The van der Waals surface area contributed by atoms with Crippen LogP contribution in [0.4, 0.5) is 0 Å². The van der Waals surface area contributed by atoms with Gasteiger partial charge in [-0.25, -0.2) is 0 Å². The summed E-state index contributed by atoms with van der Waals surface area (Å²) in [5.74, 6) is 0.